The van der Waals surface area contributed by atoms with Crippen LogP contribution in [0.15, 0.2) is 9.85 Å². The van der Waals surface area contributed by atoms with E-state index in [0.29, 0.717) is 13.2 Å². The fourth-order valence-corrected chi connectivity index (χ4v) is 2.72. The number of halogens is 1. The van der Waals surface area contributed by atoms with Crippen LogP contribution >= 0.6 is 27.3 Å². The van der Waals surface area contributed by atoms with Crippen LogP contribution in [-0.4, -0.2) is 13.2 Å². The zero-order valence-electron chi connectivity index (χ0n) is 8.34. The molecule has 14 heavy (non-hydrogen) atoms. The van der Waals surface area contributed by atoms with E-state index < -0.39 is 0 Å². The zero-order chi connectivity index (χ0) is 10.6. The number of hydrazine groups is 1. The number of ether oxygens (including phenoxy) is 1. The van der Waals surface area contributed by atoms with Gasteiger partial charge in [0, 0.05) is 11.5 Å². The van der Waals surface area contributed by atoms with Gasteiger partial charge in [0.2, 0.25) is 0 Å². The Morgan fingerprint density at radius 2 is 2.43 bits per heavy atom. The van der Waals surface area contributed by atoms with E-state index in [9.17, 15) is 0 Å². The molecule has 1 atom stereocenters. The minimum Gasteiger partial charge on any atom is -0.380 e. The maximum Gasteiger partial charge on any atom is 0.0787 e. The highest BCUT2D eigenvalue weighted by Crippen LogP contribution is 2.31. The summed E-state index contributed by atoms with van der Waals surface area (Å²) in [5, 5.41) is 0. The standard InChI is InChI=1S/C9H15BrN2OS/c1-3-13-5-7(12-11)8-4-6(2)9(10)14-8/h4,7,12H,3,5,11H2,1-2H3. The molecule has 0 aliphatic rings. The molecule has 0 saturated carbocycles. The second-order valence-corrected chi connectivity index (χ2v) is 5.39. The molecule has 0 radical (unpaired) electrons. The molecule has 0 aliphatic heterocycles. The SMILES string of the molecule is CCOCC(NN)c1cc(C)c(Br)s1. The third-order valence-corrected chi connectivity index (χ3v) is 4.16. The summed E-state index contributed by atoms with van der Waals surface area (Å²) in [7, 11) is 0. The molecule has 0 aromatic carbocycles. The Labute approximate surface area is 96.7 Å². The molecule has 1 heterocycles. The number of thiophene rings is 1. The van der Waals surface area contributed by atoms with Crippen LogP contribution in [0.3, 0.4) is 0 Å². The molecule has 80 valence electrons. The minimum absolute atomic E-state index is 0.0879. The summed E-state index contributed by atoms with van der Waals surface area (Å²) in [6.07, 6.45) is 0. The van der Waals surface area contributed by atoms with Crippen molar-refractivity contribution in [3.8, 4) is 0 Å². The van der Waals surface area contributed by atoms with Crippen LogP contribution in [0.25, 0.3) is 0 Å². The first-order valence-corrected chi connectivity index (χ1v) is 6.09. The lowest BCUT2D eigenvalue weighted by molar-refractivity contribution is 0.124. The first-order chi connectivity index (χ1) is 6.69. The number of hydrogen-bond acceptors (Lipinski definition) is 4. The summed E-state index contributed by atoms with van der Waals surface area (Å²) < 4.78 is 6.50. The van der Waals surface area contributed by atoms with Crippen LogP contribution in [0.2, 0.25) is 0 Å². The van der Waals surface area contributed by atoms with E-state index in [1.807, 2.05) is 6.92 Å². The lowest BCUT2D eigenvalue weighted by atomic mass is 10.2. The molecular formula is C9H15BrN2OS. The summed E-state index contributed by atoms with van der Waals surface area (Å²) >= 11 is 5.18. The molecule has 3 N–H and O–H groups in total. The maximum absolute atomic E-state index is 5.47. The number of nitrogens with two attached hydrogens (primary N) is 1. The van der Waals surface area contributed by atoms with E-state index in [0.717, 1.165) is 3.79 Å². The number of nitrogens with one attached hydrogen (secondary N) is 1. The van der Waals surface area contributed by atoms with Crippen molar-refractivity contribution in [3.05, 3.63) is 20.3 Å². The third-order valence-electron chi connectivity index (χ3n) is 1.91. The highest BCUT2D eigenvalue weighted by atomic mass is 79.9. The van der Waals surface area contributed by atoms with E-state index in [-0.39, 0.29) is 6.04 Å². The van der Waals surface area contributed by atoms with E-state index >= 15 is 0 Å². The fraction of sp³-hybridized carbons (Fsp3) is 0.556. The Balaban J connectivity index is 2.68. The van der Waals surface area contributed by atoms with Gasteiger partial charge in [0.05, 0.1) is 16.4 Å². The monoisotopic (exact) mass is 278 g/mol. The molecule has 3 nitrogen and oxygen atoms in total. The molecule has 0 fully saturated rings. The van der Waals surface area contributed by atoms with Gasteiger partial charge in [-0.3, -0.25) is 5.84 Å². The van der Waals surface area contributed by atoms with Crippen LogP contribution in [0, 0.1) is 6.92 Å². The third kappa shape index (κ3) is 3.03. The number of aryl methyl sites for hydroxylation is 1. The van der Waals surface area contributed by atoms with Crippen LogP contribution < -0.4 is 11.3 Å². The summed E-state index contributed by atoms with van der Waals surface area (Å²) in [5.74, 6) is 5.47. The zero-order valence-corrected chi connectivity index (χ0v) is 10.7. The average molecular weight is 279 g/mol. The summed E-state index contributed by atoms with van der Waals surface area (Å²) in [5.41, 5.74) is 4.00. The van der Waals surface area contributed by atoms with Crippen molar-refractivity contribution in [3.63, 3.8) is 0 Å². The smallest absolute Gasteiger partial charge is 0.0787 e. The summed E-state index contributed by atoms with van der Waals surface area (Å²) in [6.45, 7) is 5.37. The quantitative estimate of drug-likeness (QED) is 0.642. The van der Waals surface area contributed by atoms with Crippen molar-refractivity contribution in [1.82, 2.24) is 5.43 Å². The summed E-state index contributed by atoms with van der Waals surface area (Å²) in [4.78, 5) is 1.20. The van der Waals surface area contributed by atoms with Crippen molar-refractivity contribution < 1.29 is 4.74 Å². The van der Waals surface area contributed by atoms with Gasteiger partial charge in [0.25, 0.3) is 0 Å². The highest BCUT2D eigenvalue weighted by molar-refractivity contribution is 9.11. The van der Waals surface area contributed by atoms with Gasteiger partial charge in [-0.25, -0.2) is 5.43 Å². The van der Waals surface area contributed by atoms with Crippen molar-refractivity contribution >= 4 is 27.3 Å². The van der Waals surface area contributed by atoms with Crippen molar-refractivity contribution in [2.75, 3.05) is 13.2 Å². The second kappa shape index (κ2) is 5.82. The molecule has 5 heteroatoms. The first kappa shape index (κ1) is 12.1. The lowest BCUT2D eigenvalue weighted by Gasteiger charge is -2.13. The van der Waals surface area contributed by atoms with Gasteiger partial charge in [0.1, 0.15) is 0 Å². The molecular weight excluding hydrogens is 264 g/mol. The van der Waals surface area contributed by atoms with E-state index in [4.69, 9.17) is 10.6 Å². The van der Waals surface area contributed by atoms with E-state index in [2.05, 4.69) is 34.3 Å². The Hall–Kier alpha value is 0.0600. The first-order valence-electron chi connectivity index (χ1n) is 4.48. The van der Waals surface area contributed by atoms with Gasteiger partial charge in [-0.1, -0.05) is 0 Å². The molecule has 1 aromatic heterocycles. The predicted octanol–water partition coefficient (Wildman–Crippen LogP) is 2.36. The Kier molecular flexibility index (Phi) is 5.05. The van der Waals surface area contributed by atoms with Crippen LogP contribution in [0.1, 0.15) is 23.4 Å². The van der Waals surface area contributed by atoms with Gasteiger partial charge in [-0.15, -0.1) is 11.3 Å². The van der Waals surface area contributed by atoms with Gasteiger partial charge in [-0.05, 0) is 41.4 Å². The van der Waals surface area contributed by atoms with Crippen LogP contribution in [0.4, 0.5) is 0 Å². The molecule has 1 unspecified atom stereocenters. The summed E-state index contributed by atoms with van der Waals surface area (Å²) in [6, 6.07) is 2.21. The Morgan fingerprint density at radius 1 is 1.71 bits per heavy atom. The van der Waals surface area contributed by atoms with Crippen LogP contribution in [0.5, 0.6) is 0 Å². The van der Waals surface area contributed by atoms with Crippen LogP contribution in [-0.2, 0) is 4.74 Å². The number of rotatable bonds is 5. The maximum atomic E-state index is 5.47. The average Bonchev–Trinajstić information content (AvgIpc) is 2.48. The predicted molar refractivity (Wildman–Crippen MR) is 63.3 cm³/mol. The molecule has 0 bridgehead atoms. The van der Waals surface area contributed by atoms with Gasteiger partial charge < -0.3 is 4.74 Å². The fourth-order valence-electron chi connectivity index (χ4n) is 1.10. The molecule has 0 amide bonds. The second-order valence-electron chi connectivity index (χ2n) is 2.98. The van der Waals surface area contributed by atoms with E-state index in [1.54, 1.807) is 11.3 Å². The molecule has 1 aromatic rings. The topological polar surface area (TPSA) is 47.3 Å². The largest absolute Gasteiger partial charge is 0.380 e. The number of hydrogen-bond donors (Lipinski definition) is 2. The van der Waals surface area contributed by atoms with Crippen molar-refractivity contribution in [1.29, 1.82) is 0 Å². The molecule has 0 saturated heterocycles. The van der Waals surface area contributed by atoms with Crippen molar-refractivity contribution in [2.24, 2.45) is 5.84 Å². The molecule has 0 spiro atoms. The van der Waals surface area contributed by atoms with Crippen molar-refractivity contribution in [2.45, 2.75) is 19.9 Å². The molecule has 1 rings (SSSR count). The van der Waals surface area contributed by atoms with E-state index in [1.165, 1.54) is 10.4 Å². The normalized spacial score (nSPS) is 13.1. The highest BCUT2D eigenvalue weighted by Gasteiger charge is 2.13. The van der Waals surface area contributed by atoms with Gasteiger partial charge >= 0.3 is 0 Å². The van der Waals surface area contributed by atoms with Gasteiger partial charge in [0.15, 0.2) is 0 Å². The lowest BCUT2D eigenvalue weighted by Crippen LogP contribution is -2.30. The minimum atomic E-state index is 0.0879. The Bertz CT molecular complexity index is 271. The van der Waals surface area contributed by atoms with Gasteiger partial charge in [-0.2, -0.15) is 0 Å². The molecule has 0 aliphatic carbocycles. The Morgan fingerprint density at radius 3 is 2.86 bits per heavy atom.